The van der Waals surface area contributed by atoms with Crippen LogP contribution in [0.4, 0.5) is 0 Å². The van der Waals surface area contributed by atoms with Crippen LogP contribution in [0.15, 0.2) is 24.3 Å². The SMILES string of the molecule is CO[Si](OC)(OC)c1ccccc1CS(=O)(=O)[O-]. The number of hydrogen-bond donors (Lipinski definition) is 0. The highest BCUT2D eigenvalue weighted by atomic mass is 32.2. The average Bonchev–Trinajstić information content (AvgIpc) is 2.32. The molecule has 0 aliphatic rings. The summed E-state index contributed by atoms with van der Waals surface area (Å²) in [6, 6.07) is 6.53. The molecule has 0 radical (unpaired) electrons. The summed E-state index contributed by atoms with van der Waals surface area (Å²) in [6.45, 7) is 0. The molecule has 0 heterocycles. The summed E-state index contributed by atoms with van der Waals surface area (Å²) < 4.78 is 48.5. The molecule has 1 aromatic rings. The summed E-state index contributed by atoms with van der Waals surface area (Å²) in [4.78, 5) is 0. The number of hydrogen-bond acceptors (Lipinski definition) is 6. The van der Waals surface area contributed by atoms with Crippen LogP contribution in [0.1, 0.15) is 5.56 Å². The van der Waals surface area contributed by atoms with Crippen LogP contribution in [-0.2, 0) is 29.1 Å². The lowest BCUT2D eigenvalue weighted by atomic mass is 10.2. The molecule has 8 heteroatoms. The molecule has 0 aliphatic carbocycles. The Hall–Kier alpha value is -0.773. The Labute approximate surface area is 108 Å². The van der Waals surface area contributed by atoms with E-state index in [0.717, 1.165) is 0 Å². The quantitative estimate of drug-likeness (QED) is 0.534. The van der Waals surface area contributed by atoms with Crippen LogP contribution in [0.25, 0.3) is 0 Å². The van der Waals surface area contributed by atoms with Crippen molar-refractivity contribution in [1.82, 2.24) is 0 Å². The van der Waals surface area contributed by atoms with Crippen LogP contribution in [0.2, 0.25) is 0 Å². The van der Waals surface area contributed by atoms with Crippen molar-refractivity contribution in [2.45, 2.75) is 5.75 Å². The third-order valence-electron chi connectivity index (χ3n) is 2.49. The minimum atomic E-state index is -4.38. The topological polar surface area (TPSA) is 84.9 Å². The van der Waals surface area contributed by atoms with Gasteiger partial charge in [-0.15, -0.1) is 0 Å². The monoisotopic (exact) mass is 291 g/mol. The first kappa shape index (κ1) is 15.3. The number of rotatable bonds is 6. The van der Waals surface area contributed by atoms with E-state index >= 15 is 0 Å². The molecule has 0 unspecified atom stereocenters. The molecular weight excluding hydrogens is 276 g/mol. The van der Waals surface area contributed by atoms with Crippen molar-refractivity contribution in [2.75, 3.05) is 21.3 Å². The van der Waals surface area contributed by atoms with E-state index in [1.54, 1.807) is 24.3 Å². The van der Waals surface area contributed by atoms with E-state index < -0.39 is 24.7 Å². The van der Waals surface area contributed by atoms with Crippen LogP contribution in [0.5, 0.6) is 0 Å². The van der Waals surface area contributed by atoms with E-state index in [-0.39, 0.29) is 0 Å². The van der Waals surface area contributed by atoms with E-state index in [2.05, 4.69) is 0 Å². The minimum Gasteiger partial charge on any atom is -0.748 e. The molecule has 0 saturated carbocycles. The van der Waals surface area contributed by atoms with E-state index in [1.165, 1.54) is 21.3 Å². The van der Waals surface area contributed by atoms with Crippen molar-refractivity contribution in [1.29, 1.82) is 0 Å². The standard InChI is InChI=1S/C10H16O6SSi/c1-14-18(15-2,16-3)10-7-5-4-6-9(10)8-17(11,12)13/h4-7H,8H2,1-3H3,(H,11,12,13)/p-1. The lowest BCUT2D eigenvalue weighted by Gasteiger charge is -2.26. The Morgan fingerprint density at radius 1 is 1.11 bits per heavy atom. The van der Waals surface area contributed by atoms with E-state index in [4.69, 9.17) is 13.3 Å². The maximum atomic E-state index is 10.9. The van der Waals surface area contributed by atoms with Gasteiger partial charge in [0.15, 0.2) is 0 Å². The molecular formula is C10H15O6SSi-. The second-order valence-corrected chi connectivity index (χ2v) is 7.81. The first-order valence-electron chi connectivity index (χ1n) is 5.06. The smallest absolute Gasteiger partial charge is 0.536 e. The Bertz CT molecular complexity index is 489. The van der Waals surface area contributed by atoms with Gasteiger partial charge in [-0.25, -0.2) is 8.42 Å². The van der Waals surface area contributed by atoms with Gasteiger partial charge in [0.1, 0.15) is 0 Å². The Morgan fingerprint density at radius 3 is 2.06 bits per heavy atom. The molecule has 18 heavy (non-hydrogen) atoms. The molecule has 0 N–H and O–H groups in total. The van der Waals surface area contributed by atoms with Crippen molar-refractivity contribution in [3.63, 3.8) is 0 Å². The third kappa shape index (κ3) is 3.37. The fourth-order valence-corrected chi connectivity index (χ4v) is 4.50. The second kappa shape index (κ2) is 5.91. The van der Waals surface area contributed by atoms with Crippen LogP contribution < -0.4 is 5.19 Å². The Kier molecular flexibility index (Phi) is 5.02. The molecule has 0 bridgehead atoms. The molecule has 6 nitrogen and oxygen atoms in total. The minimum absolute atomic E-state index is 0.338. The van der Waals surface area contributed by atoms with Gasteiger partial charge < -0.3 is 17.8 Å². The first-order chi connectivity index (χ1) is 8.38. The summed E-state index contributed by atoms with van der Waals surface area (Å²) in [6.07, 6.45) is 0. The molecule has 0 amide bonds. The lowest BCUT2D eigenvalue weighted by molar-refractivity contribution is 0.140. The summed E-state index contributed by atoms with van der Waals surface area (Å²) in [5.74, 6) is -0.617. The molecule has 102 valence electrons. The van der Waals surface area contributed by atoms with Crippen LogP contribution in [0, 0.1) is 0 Å². The van der Waals surface area contributed by atoms with Crippen molar-refractivity contribution < 1.29 is 26.2 Å². The molecule has 1 aromatic carbocycles. The molecule has 1 rings (SSSR count). The predicted octanol–water partition coefficient (Wildman–Crippen LogP) is -0.183. The van der Waals surface area contributed by atoms with E-state index in [0.29, 0.717) is 10.8 Å². The zero-order chi connectivity index (χ0) is 13.8. The second-order valence-electron chi connectivity index (χ2n) is 3.53. The van der Waals surface area contributed by atoms with Gasteiger partial charge in [0.2, 0.25) is 0 Å². The molecule has 0 fully saturated rings. The van der Waals surface area contributed by atoms with Gasteiger partial charge in [-0.1, -0.05) is 24.3 Å². The van der Waals surface area contributed by atoms with Gasteiger partial charge in [0, 0.05) is 26.5 Å². The fraction of sp³-hybridized carbons (Fsp3) is 0.400. The highest BCUT2D eigenvalue weighted by Crippen LogP contribution is 2.12. The summed E-state index contributed by atoms with van der Waals surface area (Å²) in [5.41, 5.74) is 0.338. The predicted molar refractivity (Wildman–Crippen MR) is 66.3 cm³/mol. The van der Waals surface area contributed by atoms with Gasteiger partial charge in [0.05, 0.1) is 15.9 Å². The summed E-state index contributed by atoms with van der Waals surface area (Å²) in [5, 5.41) is 0.483. The van der Waals surface area contributed by atoms with Crippen LogP contribution in [0.3, 0.4) is 0 Å². The van der Waals surface area contributed by atoms with Gasteiger partial charge in [-0.2, -0.15) is 0 Å². The van der Waals surface area contributed by atoms with Crippen molar-refractivity contribution >= 4 is 24.1 Å². The maximum Gasteiger partial charge on any atom is 0.536 e. The molecule has 0 saturated heterocycles. The molecule has 0 aliphatic heterocycles. The van der Waals surface area contributed by atoms with Crippen LogP contribution >= 0.6 is 0 Å². The zero-order valence-corrected chi connectivity index (χ0v) is 12.2. The summed E-state index contributed by atoms with van der Waals surface area (Å²) >= 11 is 0. The molecule has 0 spiro atoms. The first-order valence-corrected chi connectivity index (χ1v) is 8.36. The molecule has 0 atom stereocenters. The zero-order valence-electron chi connectivity index (χ0n) is 10.4. The maximum absolute atomic E-state index is 10.9. The van der Waals surface area contributed by atoms with Gasteiger partial charge in [0.25, 0.3) is 0 Å². The van der Waals surface area contributed by atoms with Gasteiger partial charge in [-0.3, -0.25) is 0 Å². The van der Waals surface area contributed by atoms with Crippen LogP contribution in [-0.4, -0.2) is 43.1 Å². The van der Waals surface area contributed by atoms with E-state index in [1.807, 2.05) is 0 Å². The largest absolute Gasteiger partial charge is 0.748 e. The van der Waals surface area contributed by atoms with E-state index in [9.17, 15) is 13.0 Å². The lowest BCUT2D eigenvalue weighted by Crippen LogP contribution is -2.56. The average molecular weight is 291 g/mol. The fourth-order valence-electron chi connectivity index (χ4n) is 1.72. The molecule has 0 aromatic heterocycles. The third-order valence-corrected chi connectivity index (χ3v) is 5.91. The van der Waals surface area contributed by atoms with Gasteiger partial charge in [-0.05, 0) is 5.56 Å². The summed E-state index contributed by atoms with van der Waals surface area (Å²) in [7, 11) is -3.27. The van der Waals surface area contributed by atoms with Crippen molar-refractivity contribution in [3.8, 4) is 0 Å². The highest BCUT2D eigenvalue weighted by Gasteiger charge is 2.42. The van der Waals surface area contributed by atoms with Crippen molar-refractivity contribution in [2.24, 2.45) is 0 Å². The Balaban J connectivity index is 3.31. The Morgan fingerprint density at radius 2 is 1.61 bits per heavy atom. The van der Waals surface area contributed by atoms with Gasteiger partial charge >= 0.3 is 8.80 Å². The highest BCUT2D eigenvalue weighted by molar-refractivity contribution is 7.84. The normalized spacial score (nSPS) is 12.7. The number of benzene rings is 1. The van der Waals surface area contributed by atoms with Crippen molar-refractivity contribution in [3.05, 3.63) is 29.8 Å².